The molecule has 5 heteroatoms. The van der Waals surface area contributed by atoms with Crippen LogP contribution in [0.3, 0.4) is 0 Å². The van der Waals surface area contributed by atoms with Crippen LogP contribution >= 0.6 is 0 Å². The van der Waals surface area contributed by atoms with Gasteiger partial charge in [0.15, 0.2) is 0 Å². The van der Waals surface area contributed by atoms with Gasteiger partial charge >= 0.3 is 0 Å². The Morgan fingerprint density at radius 2 is 2.08 bits per heavy atom. The van der Waals surface area contributed by atoms with Crippen LogP contribution in [0, 0.1) is 17.2 Å². The number of methoxy groups -OCH3 is 1. The molecule has 1 aromatic carbocycles. The van der Waals surface area contributed by atoms with Crippen molar-refractivity contribution in [2.45, 2.75) is 19.4 Å². The Bertz CT molecular complexity index is 742. The molecule has 0 spiro atoms. The lowest BCUT2D eigenvalue weighted by Gasteiger charge is -2.32. The highest BCUT2D eigenvalue weighted by atomic mass is 16.5. The van der Waals surface area contributed by atoms with Crippen molar-refractivity contribution in [3.8, 4) is 17.8 Å². The first-order valence-electron chi connectivity index (χ1n) is 8.62. The lowest BCUT2D eigenvalue weighted by Crippen LogP contribution is -2.37. The molecule has 25 heavy (non-hydrogen) atoms. The maximum atomic E-state index is 9.03. The van der Waals surface area contributed by atoms with Gasteiger partial charge in [0.25, 0.3) is 0 Å². The summed E-state index contributed by atoms with van der Waals surface area (Å²) in [5.41, 5.74) is 1.91. The van der Waals surface area contributed by atoms with Crippen molar-refractivity contribution in [1.29, 1.82) is 5.26 Å². The zero-order chi connectivity index (χ0) is 17.5. The fraction of sp³-hybridized carbons (Fsp3) is 0.400. The Morgan fingerprint density at radius 1 is 1.24 bits per heavy atom. The zero-order valence-electron chi connectivity index (χ0n) is 14.5. The molecule has 0 bridgehead atoms. The van der Waals surface area contributed by atoms with Crippen LogP contribution in [0.25, 0.3) is 0 Å². The second-order valence-electron chi connectivity index (χ2n) is 6.38. The topological polar surface area (TPSA) is 58.4 Å². The van der Waals surface area contributed by atoms with Crippen LogP contribution in [0.15, 0.2) is 42.5 Å². The monoisotopic (exact) mass is 337 g/mol. The molecule has 1 aliphatic heterocycles. The summed E-state index contributed by atoms with van der Waals surface area (Å²) in [6, 6.07) is 15.6. The summed E-state index contributed by atoms with van der Waals surface area (Å²) in [7, 11) is 1.60. The van der Waals surface area contributed by atoms with Gasteiger partial charge in [-0.05, 0) is 37.1 Å². The molecule has 1 atom stereocenters. The minimum absolute atomic E-state index is 0.487. The molecule has 0 N–H and O–H groups in total. The van der Waals surface area contributed by atoms with Gasteiger partial charge in [-0.15, -0.1) is 0 Å². The predicted octanol–water partition coefficient (Wildman–Crippen LogP) is 3.25. The van der Waals surface area contributed by atoms with Gasteiger partial charge in [0.05, 0.1) is 25.3 Å². The molecule has 2 heterocycles. The van der Waals surface area contributed by atoms with Crippen molar-refractivity contribution in [1.82, 2.24) is 9.88 Å². The number of hydrogen-bond acceptors (Lipinski definition) is 5. The molecule has 1 aromatic heterocycles. The number of nitriles is 1. The average molecular weight is 337 g/mol. The molecule has 1 aliphatic rings. The van der Waals surface area contributed by atoms with Crippen LogP contribution in [0.4, 0.5) is 0 Å². The van der Waals surface area contributed by atoms with Gasteiger partial charge in [-0.2, -0.15) is 10.2 Å². The van der Waals surface area contributed by atoms with E-state index in [0.717, 1.165) is 31.6 Å². The molecular formula is C20H23N3O2. The number of likely N-dealkylation sites (tertiary alicyclic amines) is 1. The van der Waals surface area contributed by atoms with E-state index in [9.17, 15) is 0 Å². The number of rotatable bonds is 6. The lowest BCUT2D eigenvalue weighted by molar-refractivity contribution is 0.122. The fourth-order valence-corrected chi connectivity index (χ4v) is 3.22. The van der Waals surface area contributed by atoms with Gasteiger partial charge < -0.3 is 9.47 Å². The number of piperidine rings is 1. The fourth-order valence-electron chi connectivity index (χ4n) is 3.22. The molecule has 1 saturated heterocycles. The van der Waals surface area contributed by atoms with E-state index < -0.39 is 0 Å². The summed E-state index contributed by atoms with van der Waals surface area (Å²) < 4.78 is 11.0. The predicted molar refractivity (Wildman–Crippen MR) is 95.4 cm³/mol. The Morgan fingerprint density at radius 3 is 2.92 bits per heavy atom. The molecule has 1 fully saturated rings. The zero-order valence-corrected chi connectivity index (χ0v) is 14.5. The van der Waals surface area contributed by atoms with E-state index in [2.05, 4.69) is 22.0 Å². The molecular weight excluding hydrogens is 314 g/mol. The SMILES string of the molecule is COc1cccc(OCC2CCCN(Cc3cccc(C#N)c3)C2)n1. The summed E-state index contributed by atoms with van der Waals surface area (Å²) >= 11 is 0. The minimum atomic E-state index is 0.487. The standard InChI is InChI=1S/C20H23N3O2/c1-24-19-8-3-9-20(22-19)25-15-18-7-4-10-23(14-18)13-17-6-2-5-16(11-17)12-21/h2-3,5-6,8-9,11,18H,4,7,10,13-15H2,1H3. The van der Waals surface area contributed by atoms with Crippen molar-refractivity contribution in [2.75, 3.05) is 26.8 Å². The summed E-state index contributed by atoms with van der Waals surface area (Å²) in [5, 5.41) is 9.03. The minimum Gasteiger partial charge on any atom is -0.481 e. The number of nitrogens with zero attached hydrogens (tertiary/aromatic N) is 3. The van der Waals surface area contributed by atoms with Crippen molar-refractivity contribution in [2.24, 2.45) is 5.92 Å². The summed E-state index contributed by atoms with van der Waals surface area (Å²) in [6.07, 6.45) is 2.33. The number of aromatic nitrogens is 1. The van der Waals surface area contributed by atoms with Crippen LogP contribution in [0.5, 0.6) is 11.8 Å². The molecule has 1 unspecified atom stereocenters. The van der Waals surface area contributed by atoms with E-state index in [-0.39, 0.29) is 0 Å². The Labute approximate surface area is 148 Å². The maximum Gasteiger partial charge on any atom is 0.216 e. The van der Waals surface area contributed by atoms with E-state index in [1.807, 2.05) is 36.4 Å². The van der Waals surface area contributed by atoms with Crippen LogP contribution in [0.1, 0.15) is 24.0 Å². The summed E-state index contributed by atoms with van der Waals surface area (Å²) in [4.78, 5) is 6.73. The van der Waals surface area contributed by atoms with Gasteiger partial charge in [0, 0.05) is 31.1 Å². The van der Waals surface area contributed by atoms with Crippen LogP contribution < -0.4 is 9.47 Å². The summed E-state index contributed by atoms with van der Waals surface area (Å²) in [5.74, 6) is 1.67. The van der Waals surface area contributed by atoms with E-state index in [4.69, 9.17) is 14.7 Å². The third kappa shape index (κ3) is 4.94. The van der Waals surface area contributed by atoms with Gasteiger partial charge in [0.1, 0.15) is 0 Å². The summed E-state index contributed by atoms with van der Waals surface area (Å²) in [6.45, 7) is 3.63. The van der Waals surface area contributed by atoms with Crippen molar-refractivity contribution < 1.29 is 9.47 Å². The quantitative estimate of drug-likeness (QED) is 0.810. The highest BCUT2D eigenvalue weighted by Gasteiger charge is 2.21. The molecule has 0 radical (unpaired) electrons. The molecule has 0 saturated carbocycles. The van der Waals surface area contributed by atoms with Crippen LogP contribution in [-0.4, -0.2) is 36.7 Å². The van der Waals surface area contributed by atoms with E-state index in [1.54, 1.807) is 7.11 Å². The number of benzene rings is 1. The van der Waals surface area contributed by atoms with Crippen molar-refractivity contribution in [3.05, 3.63) is 53.6 Å². The number of hydrogen-bond donors (Lipinski definition) is 0. The van der Waals surface area contributed by atoms with E-state index in [0.29, 0.717) is 24.3 Å². The first-order valence-corrected chi connectivity index (χ1v) is 8.62. The highest BCUT2D eigenvalue weighted by molar-refractivity contribution is 5.32. The van der Waals surface area contributed by atoms with Crippen molar-refractivity contribution in [3.63, 3.8) is 0 Å². The number of ether oxygens (including phenoxy) is 2. The van der Waals surface area contributed by atoms with E-state index >= 15 is 0 Å². The van der Waals surface area contributed by atoms with Gasteiger partial charge in [-0.25, -0.2) is 0 Å². The maximum absolute atomic E-state index is 9.03. The van der Waals surface area contributed by atoms with Gasteiger partial charge in [-0.1, -0.05) is 18.2 Å². The highest BCUT2D eigenvalue weighted by Crippen LogP contribution is 2.21. The smallest absolute Gasteiger partial charge is 0.216 e. The second-order valence-corrected chi connectivity index (χ2v) is 6.38. The Balaban J connectivity index is 1.53. The normalized spacial score (nSPS) is 17.7. The van der Waals surface area contributed by atoms with Gasteiger partial charge in [0.2, 0.25) is 11.8 Å². The Kier molecular flexibility index (Phi) is 5.86. The lowest BCUT2D eigenvalue weighted by atomic mass is 9.98. The molecule has 2 aromatic rings. The third-order valence-corrected chi connectivity index (χ3v) is 4.44. The largest absolute Gasteiger partial charge is 0.481 e. The third-order valence-electron chi connectivity index (χ3n) is 4.44. The Hall–Kier alpha value is -2.58. The molecule has 0 aliphatic carbocycles. The first-order chi connectivity index (χ1) is 12.3. The van der Waals surface area contributed by atoms with Crippen LogP contribution in [-0.2, 0) is 6.54 Å². The molecule has 130 valence electrons. The van der Waals surface area contributed by atoms with E-state index in [1.165, 1.54) is 12.0 Å². The van der Waals surface area contributed by atoms with Crippen LogP contribution in [0.2, 0.25) is 0 Å². The number of pyridine rings is 1. The first kappa shape index (κ1) is 17.2. The van der Waals surface area contributed by atoms with Gasteiger partial charge in [-0.3, -0.25) is 4.90 Å². The van der Waals surface area contributed by atoms with Crippen molar-refractivity contribution >= 4 is 0 Å². The average Bonchev–Trinajstić information content (AvgIpc) is 2.67. The molecule has 5 nitrogen and oxygen atoms in total. The molecule has 3 rings (SSSR count). The second kappa shape index (κ2) is 8.50. The molecule has 0 amide bonds.